The molecule has 2 heterocycles. The van der Waals surface area contributed by atoms with Crippen molar-refractivity contribution in [2.75, 3.05) is 12.9 Å². The van der Waals surface area contributed by atoms with Gasteiger partial charge in [-0.1, -0.05) is 42.8 Å². The second kappa shape index (κ2) is 11.0. The molecule has 0 aliphatic heterocycles. The molecule has 0 unspecified atom stereocenters. The summed E-state index contributed by atoms with van der Waals surface area (Å²) in [5, 5.41) is 9.67. The zero-order chi connectivity index (χ0) is 24.9. The lowest BCUT2D eigenvalue weighted by atomic mass is 10.2. The zero-order valence-corrected chi connectivity index (χ0v) is 21.9. The minimum Gasteiger partial charge on any atom is -0.497 e. The first-order valence-electron chi connectivity index (χ1n) is 11.9. The molecule has 0 aliphatic rings. The predicted octanol–water partition coefficient (Wildman–Crippen LogP) is 6.44. The van der Waals surface area contributed by atoms with Crippen molar-refractivity contribution in [2.45, 2.75) is 52.2 Å². The molecule has 0 saturated heterocycles. The minimum absolute atomic E-state index is 0.0949. The molecule has 0 radical (unpaired) electrons. The number of aryl methyl sites for hydroxylation is 2. The van der Waals surface area contributed by atoms with Gasteiger partial charge in [0.25, 0.3) is 0 Å². The number of methoxy groups -OCH3 is 1. The van der Waals surface area contributed by atoms with Gasteiger partial charge in [-0.2, -0.15) is 0 Å². The number of thioether (sulfide) groups is 1. The predicted molar refractivity (Wildman–Crippen MR) is 142 cm³/mol. The Bertz CT molecular complexity index is 1300. The highest BCUT2D eigenvalue weighted by molar-refractivity contribution is 7.99. The number of hydrogen-bond donors (Lipinski definition) is 0. The van der Waals surface area contributed by atoms with Crippen molar-refractivity contribution in [3.8, 4) is 22.8 Å². The molecule has 182 valence electrons. The minimum atomic E-state index is 0.0949. The lowest BCUT2D eigenvalue weighted by Crippen LogP contribution is -2.08. The van der Waals surface area contributed by atoms with Crippen LogP contribution < -0.4 is 4.74 Å². The van der Waals surface area contributed by atoms with Crippen molar-refractivity contribution in [3.05, 3.63) is 77.1 Å². The van der Waals surface area contributed by atoms with Crippen LogP contribution in [0.1, 0.15) is 47.1 Å². The molecule has 0 spiro atoms. The second-order valence-electron chi connectivity index (χ2n) is 8.71. The van der Waals surface area contributed by atoms with Crippen molar-refractivity contribution >= 4 is 17.5 Å². The molecule has 2 aromatic heterocycles. The quantitative estimate of drug-likeness (QED) is 0.190. The molecule has 4 rings (SSSR count). The molecule has 7 heteroatoms. The fourth-order valence-corrected chi connectivity index (χ4v) is 5.06. The molecule has 0 saturated carbocycles. The maximum absolute atomic E-state index is 13.3. The van der Waals surface area contributed by atoms with Crippen molar-refractivity contribution in [1.29, 1.82) is 0 Å². The number of carbonyl (C=O) groups is 1. The van der Waals surface area contributed by atoms with Gasteiger partial charge in [0, 0.05) is 34.7 Å². The fraction of sp³-hybridized carbons (Fsp3) is 0.321. The Hall–Kier alpha value is -3.32. The van der Waals surface area contributed by atoms with E-state index >= 15 is 0 Å². The van der Waals surface area contributed by atoms with Gasteiger partial charge in [0.05, 0.1) is 12.9 Å². The van der Waals surface area contributed by atoms with Crippen LogP contribution in [0, 0.1) is 20.8 Å². The average molecular weight is 489 g/mol. The van der Waals surface area contributed by atoms with E-state index in [2.05, 4.69) is 57.4 Å². The van der Waals surface area contributed by atoms with E-state index in [1.165, 1.54) is 17.3 Å². The summed E-state index contributed by atoms with van der Waals surface area (Å²) in [5.41, 5.74) is 6.03. The normalized spacial score (nSPS) is 11.1. The smallest absolute Gasteiger partial charge is 0.191 e. The van der Waals surface area contributed by atoms with E-state index in [1.807, 2.05) is 44.2 Å². The molecule has 2 aromatic carbocycles. The van der Waals surface area contributed by atoms with Crippen LogP contribution in [-0.4, -0.2) is 38.0 Å². The topological polar surface area (TPSA) is 61.9 Å². The zero-order valence-electron chi connectivity index (χ0n) is 21.0. The number of benzene rings is 2. The third-order valence-electron chi connectivity index (χ3n) is 6.16. The van der Waals surface area contributed by atoms with Crippen LogP contribution in [-0.2, 0) is 6.54 Å². The number of Topliss-reactive ketones (excluding diaryl/α,β-unsaturated/α-hetero) is 1. The highest BCUT2D eigenvalue weighted by atomic mass is 32.2. The third-order valence-corrected chi connectivity index (χ3v) is 7.12. The maximum atomic E-state index is 13.3. The monoisotopic (exact) mass is 488 g/mol. The molecular weight excluding hydrogens is 456 g/mol. The van der Waals surface area contributed by atoms with Gasteiger partial charge in [0.2, 0.25) is 0 Å². The Kier molecular flexibility index (Phi) is 7.76. The van der Waals surface area contributed by atoms with Gasteiger partial charge in [-0.05, 0) is 69.7 Å². The van der Waals surface area contributed by atoms with E-state index in [1.54, 1.807) is 7.11 Å². The van der Waals surface area contributed by atoms with Crippen LogP contribution in [0.3, 0.4) is 0 Å². The number of rotatable bonds is 10. The molecule has 0 aliphatic carbocycles. The summed E-state index contributed by atoms with van der Waals surface area (Å²) in [5.74, 6) is 2.02. The first-order valence-corrected chi connectivity index (χ1v) is 12.9. The van der Waals surface area contributed by atoms with E-state index in [0.717, 1.165) is 64.3 Å². The largest absolute Gasteiger partial charge is 0.497 e. The Morgan fingerprint density at radius 3 is 2.37 bits per heavy atom. The van der Waals surface area contributed by atoms with Crippen molar-refractivity contribution < 1.29 is 9.53 Å². The van der Waals surface area contributed by atoms with Crippen molar-refractivity contribution in [1.82, 2.24) is 19.3 Å². The van der Waals surface area contributed by atoms with Gasteiger partial charge in [-0.3, -0.25) is 4.79 Å². The first kappa shape index (κ1) is 24.8. The van der Waals surface area contributed by atoms with Crippen LogP contribution in [0.15, 0.2) is 59.8 Å². The van der Waals surface area contributed by atoms with Gasteiger partial charge < -0.3 is 13.9 Å². The number of ketones is 1. The van der Waals surface area contributed by atoms with Crippen LogP contribution >= 0.6 is 11.8 Å². The summed E-state index contributed by atoms with van der Waals surface area (Å²) in [6, 6.07) is 18.2. The molecule has 0 atom stereocenters. The van der Waals surface area contributed by atoms with Gasteiger partial charge in [0.1, 0.15) is 5.75 Å². The summed E-state index contributed by atoms with van der Waals surface area (Å²) >= 11 is 1.45. The molecule has 0 fully saturated rings. The van der Waals surface area contributed by atoms with Crippen LogP contribution in [0.2, 0.25) is 0 Å². The highest BCUT2D eigenvalue weighted by Gasteiger charge is 2.20. The maximum Gasteiger partial charge on any atom is 0.191 e. The van der Waals surface area contributed by atoms with Gasteiger partial charge in [0.15, 0.2) is 16.8 Å². The second-order valence-corrected chi connectivity index (χ2v) is 9.65. The number of nitrogens with zero attached hydrogens (tertiary/aromatic N) is 4. The molecule has 0 amide bonds. The number of carbonyl (C=O) groups excluding carboxylic acids is 1. The highest BCUT2D eigenvalue weighted by Crippen LogP contribution is 2.28. The number of hydrogen-bond acceptors (Lipinski definition) is 5. The van der Waals surface area contributed by atoms with Gasteiger partial charge >= 0.3 is 0 Å². The van der Waals surface area contributed by atoms with Gasteiger partial charge in [-0.15, -0.1) is 10.2 Å². The molecule has 0 bridgehead atoms. The average Bonchev–Trinajstić information content (AvgIpc) is 3.41. The summed E-state index contributed by atoms with van der Waals surface area (Å²) in [6.07, 6.45) is 2.08. The van der Waals surface area contributed by atoms with Crippen LogP contribution in [0.5, 0.6) is 5.75 Å². The Labute approximate surface area is 211 Å². The Morgan fingerprint density at radius 2 is 1.71 bits per heavy atom. The van der Waals surface area contributed by atoms with Crippen LogP contribution in [0.4, 0.5) is 0 Å². The molecule has 0 N–H and O–H groups in total. The number of ether oxygens (including phenoxy) is 1. The van der Waals surface area contributed by atoms with Crippen molar-refractivity contribution in [2.24, 2.45) is 0 Å². The lowest BCUT2D eigenvalue weighted by molar-refractivity contribution is 0.102. The van der Waals surface area contributed by atoms with E-state index in [-0.39, 0.29) is 5.78 Å². The summed E-state index contributed by atoms with van der Waals surface area (Å²) < 4.78 is 9.54. The van der Waals surface area contributed by atoms with E-state index in [9.17, 15) is 4.79 Å². The molecule has 35 heavy (non-hydrogen) atoms. The lowest BCUT2D eigenvalue weighted by Gasteiger charge is -2.11. The first-order chi connectivity index (χ1) is 16.9. The molecule has 6 nitrogen and oxygen atoms in total. The van der Waals surface area contributed by atoms with E-state index in [0.29, 0.717) is 5.75 Å². The van der Waals surface area contributed by atoms with Crippen molar-refractivity contribution in [3.63, 3.8) is 0 Å². The summed E-state index contributed by atoms with van der Waals surface area (Å²) in [4.78, 5) is 13.3. The van der Waals surface area contributed by atoms with E-state index in [4.69, 9.17) is 4.74 Å². The molecular formula is C28H32N4O2S. The number of unbranched alkanes of at least 4 members (excludes halogenated alkanes) is 1. The molecule has 4 aromatic rings. The standard InChI is InChI=1S/C28H32N4O2S/c1-6-7-16-31-27(22-10-14-24(34-5)15-11-22)29-30-28(31)35-18-26(33)25-17-20(3)32(21(25)4)23-12-8-19(2)9-13-23/h8-15,17H,6-7,16,18H2,1-5H3. The third kappa shape index (κ3) is 5.35. The summed E-state index contributed by atoms with van der Waals surface area (Å²) in [7, 11) is 1.66. The van der Waals surface area contributed by atoms with E-state index < -0.39 is 0 Å². The fourth-order valence-electron chi connectivity index (χ4n) is 4.21. The Balaban J connectivity index is 1.55. The summed E-state index contributed by atoms with van der Waals surface area (Å²) in [6.45, 7) is 9.10. The Morgan fingerprint density at radius 1 is 1.00 bits per heavy atom. The SMILES string of the molecule is CCCCn1c(SCC(=O)c2cc(C)n(-c3ccc(C)cc3)c2C)nnc1-c1ccc(OC)cc1. The van der Waals surface area contributed by atoms with Gasteiger partial charge in [-0.25, -0.2) is 0 Å². The number of aromatic nitrogens is 4. The van der Waals surface area contributed by atoms with Crippen LogP contribution in [0.25, 0.3) is 17.1 Å².